The van der Waals surface area contributed by atoms with Crippen molar-refractivity contribution in [3.05, 3.63) is 287 Å². The van der Waals surface area contributed by atoms with Gasteiger partial charge >= 0.3 is 0 Å². The van der Waals surface area contributed by atoms with Crippen LogP contribution in [0.2, 0.25) is 0 Å². The van der Waals surface area contributed by atoms with Crippen LogP contribution in [0.15, 0.2) is 243 Å². The highest BCUT2D eigenvalue weighted by Gasteiger charge is 2.25. The van der Waals surface area contributed by atoms with Crippen molar-refractivity contribution in [1.29, 1.82) is 0 Å². The van der Waals surface area contributed by atoms with Gasteiger partial charge in [-0.25, -0.2) is 19.9 Å². The molecule has 0 N–H and O–H groups in total. The zero-order valence-electron chi connectivity index (χ0n) is 55.1. The highest BCUT2D eigenvalue weighted by molar-refractivity contribution is 6.15. The number of aryl methyl sites for hydroxylation is 4. The quantitative estimate of drug-likeness (QED) is 0.128. The molecule has 4 heterocycles. The second kappa shape index (κ2) is 26.1. The van der Waals surface area contributed by atoms with Crippen LogP contribution in [0.1, 0.15) is 121 Å². The van der Waals surface area contributed by atoms with E-state index in [1.807, 2.05) is 0 Å². The van der Waals surface area contributed by atoms with Crippen LogP contribution >= 0.6 is 0 Å². The predicted octanol–water partition coefficient (Wildman–Crippen LogP) is 24.8. The van der Waals surface area contributed by atoms with E-state index < -0.39 is 0 Å². The minimum Gasteiger partial charge on any atom is -0.245 e. The van der Waals surface area contributed by atoms with Gasteiger partial charge in [0, 0.05) is 43.8 Å². The van der Waals surface area contributed by atoms with E-state index in [1.165, 1.54) is 164 Å². The number of aromatic nitrogens is 4. The summed E-state index contributed by atoms with van der Waals surface area (Å²) >= 11 is 0. The van der Waals surface area contributed by atoms with Crippen LogP contribution in [-0.4, -0.2) is 19.9 Å². The van der Waals surface area contributed by atoms with Gasteiger partial charge in [-0.2, -0.15) is 0 Å². The Labute approximate surface area is 554 Å². The molecule has 2 aliphatic carbocycles. The first-order valence-corrected chi connectivity index (χ1v) is 34.2. The Hall–Kier alpha value is -10.2. The lowest BCUT2D eigenvalue weighted by atomic mass is 9.81. The van der Waals surface area contributed by atoms with Crippen molar-refractivity contribution >= 4 is 43.6 Å². The summed E-state index contributed by atoms with van der Waals surface area (Å²) < 4.78 is 0. The van der Waals surface area contributed by atoms with Gasteiger partial charge in [0.1, 0.15) is 0 Å². The number of benzene rings is 10. The molecule has 0 unspecified atom stereocenters. The average Bonchev–Trinajstić information content (AvgIpc) is 0.748. The van der Waals surface area contributed by atoms with Gasteiger partial charge < -0.3 is 0 Å². The zero-order valence-corrected chi connectivity index (χ0v) is 55.1. The minimum absolute atomic E-state index is 0.579. The van der Waals surface area contributed by atoms with Gasteiger partial charge in [0.2, 0.25) is 0 Å². The molecule has 2 aliphatic rings. The topological polar surface area (TPSA) is 51.6 Å². The molecule has 0 spiro atoms. The SMILES string of the molecule is Cc1cc(-c2cc(-c3ccccc3)c3ccc4c(-c5ccccc5)cc(-c5cc(C)c(C)c(C)c5)nc4c3n2)cc(C)c1C.c1ccc(-c2cc(-c3ccccc3C3CCCCC3)nc3c2ccc2c(-c4ccccc4)cc(-c4ccccc4C4CCCCC4)nc23)cc1. The molecular formula is C90H80N4. The van der Waals surface area contributed by atoms with E-state index in [2.05, 4.69) is 284 Å². The second-order valence-corrected chi connectivity index (χ2v) is 26.7. The van der Waals surface area contributed by atoms with Crippen LogP contribution in [0.3, 0.4) is 0 Å². The van der Waals surface area contributed by atoms with Crippen molar-refractivity contribution < 1.29 is 0 Å². The van der Waals surface area contributed by atoms with Crippen molar-refractivity contribution in [2.24, 2.45) is 0 Å². The van der Waals surface area contributed by atoms with Gasteiger partial charge in [0.25, 0.3) is 0 Å². The Bertz CT molecular complexity index is 4770. The molecule has 460 valence electrons. The summed E-state index contributed by atoms with van der Waals surface area (Å²) in [6.45, 7) is 13.1. The fraction of sp³-hybridized carbons (Fsp3) is 0.200. The lowest BCUT2D eigenvalue weighted by molar-refractivity contribution is 0.444. The van der Waals surface area contributed by atoms with E-state index >= 15 is 0 Å². The number of hydrogen-bond donors (Lipinski definition) is 0. The van der Waals surface area contributed by atoms with Crippen LogP contribution in [0.4, 0.5) is 0 Å². The molecule has 4 aromatic heterocycles. The van der Waals surface area contributed by atoms with E-state index in [4.69, 9.17) is 19.9 Å². The van der Waals surface area contributed by atoms with Crippen LogP contribution < -0.4 is 0 Å². The molecule has 10 aromatic carbocycles. The third kappa shape index (κ3) is 11.7. The highest BCUT2D eigenvalue weighted by Crippen LogP contribution is 2.46. The van der Waals surface area contributed by atoms with Crippen molar-refractivity contribution in [2.45, 2.75) is 118 Å². The van der Waals surface area contributed by atoms with Crippen LogP contribution in [-0.2, 0) is 0 Å². The maximum absolute atomic E-state index is 5.63. The molecule has 2 saturated carbocycles. The lowest BCUT2D eigenvalue weighted by Gasteiger charge is -2.25. The third-order valence-electron chi connectivity index (χ3n) is 20.9. The maximum Gasteiger partial charge on any atom is 0.0978 e. The van der Waals surface area contributed by atoms with Gasteiger partial charge in [-0.05, 0) is 217 Å². The lowest BCUT2D eigenvalue weighted by Crippen LogP contribution is -2.07. The summed E-state index contributed by atoms with van der Waals surface area (Å²) in [5, 5.41) is 4.50. The first-order valence-electron chi connectivity index (χ1n) is 34.2. The molecular weight excluding hydrogens is 1140 g/mol. The molecule has 4 nitrogen and oxygen atoms in total. The molecule has 0 atom stereocenters. The molecule has 0 bridgehead atoms. The normalized spacial score (nSPS) is 13.8. The summed E-state index contributed by atoms with van der Waals surface area (Å²) in [4.78, 5) is 22.1. The zero-order chi connectivity index (χ0) is 63.8. The Balaban J connectivity index is 0.000000156. The Kier molecular flexibility index (Phi) is 16.7. The van der Waals surface area contributed by atoms with Crippen LogP contribution in [0.25, 0.3) is 133 Å². The van der Waals surface area contributed by atoms with Gasteiger partial charge in [-0.3, -0.25) is 0 Å². The van der Waals surface area contributed by atoms with E-state index in [1.54, 1.807) is 0 Å². The molecule has 16 rings (SSSR count). The van der Waals surface area contributed by atoms with Crippen molar-refractivity contribution in [2.75, 3.05) is 0 Å². The average molecular weight is 1220 g/mol. The van der Waals surface area contributed by atoms with E-state index in [-0.39, 0.29) is 0 Å². The number of fused-ring (bicyclic) bond motifs is 6. The Morgan fingerprint density at radius 3 is 0.787 bits per heavy atom. The monoisotopic (exact) mass is 1220 g/mol. The smallest absolute Gasteiger partial charge is 0.0978 e. The predicted molar refractivity (Wildman–Crippen MR) is 398 cm³/mol. The summed E-state index contributed by atoms with van der Waals surface area (Å²) in [7, 11) is 0. The molecule has 94 heavy (non-hydrogen) atoms. The fourth-order valence-corrected chi connectivity index (χ4v) is 15.3. The second-order valence-electron chi connectivity index (χ2n) is 26.7. The molecule has 2 fully saturated rings. The van der Waals surface area contributed by atoms with Crippen LogP contribution in [0.5, 0.6) is 0 Å². The van der Waals surface area contributed by atoms with Crippen LogP contribution in [0, 0.1) is 41.5 Å². The number of nitrogens with zero attached hydrogens (tertiary/aromatic N) is 4. The summed E-state index contributed by atoms with van der Waals surface area (Å²) in [6.07, 6.45) is 12.9. The minimum atomic E-state index is 0.579. The highest BCUT2D eigenvalue weighted by atomic mass is 14.8. The van der Waals surface area contributed by atoms with Crippen molar-refractivity contribution in [1.82, 2.24) is 19.9 Å². The van der Waals surface area contributed by atoms with Crippen molar-refractivity contribution in [3.8, 4) is 89.5 Å². The molecule has 14 aromatic rings. The van der Waals surface area contributed by atoms with E-state index in [9.17, 15) is 0 Å². The molecule has 0 aliphatic heterocycles. The summed E-state index contributed by atoms with van der Waals surface area (Å²) in [5.41, 5.74) is 32.7. The standard InChI is InChI=1S/C48H44N2.C42H36N2/c1-5-17-33(18-6-1)37-25-13-15-27-39(37)45-31-43(35-21-9-3-10-22-35)41-29-30-42-44(36-23-11-4-12-24-36)32-46(50-48(42)47(41)49-45)40-28-16-14-26-38(40)34-19-7-2-8-20-34;1-25-19-33(20-26(2)29(25)5)39-23-37(31-13-9-7-10-14-31)35-17-18-36-38(32-15-11-8-12-16-32)24-40(44-42(36)41(35)43-39)34-21-27(3)30(6)28(4)22-34/h3-4,9-16,21-34H,1-2,5-8,17-20H2;7-24H,1-6H3. The first kappa shape index (κ1) is 60.1. The molecule has 0 radical (unpaired) electrons. The van der Waals surface area contributed by atoms with E-state index in [0.29, 0.717) is 11.8 Å². The third-order valence-corrected chi connectivity index (χ3v) is 20.9. The molecule has 4 heteroatoms. The Morgan fingerprint density at radius 2 is 0.489 bits per heavy atom. The molecule has 0 amide bonds. The van der Waals surface area contributed by atoms with E-state index in [0.717, 1.165) is 77.5 Å². The summed E-state index contributed by atoms with van der Waals surface area (Å²) in [5.74, 6) is 1.16. The summed E-state index contributed by atoms with van der Waals surface area (Å²) in [6, 6.07) is 88.4. The van der Waals surface area contributed by atoms with Gasteiger partial charge in [-0.15, -0.1) is 0 Å². The fourth-order valence-electron chi connectivity index (χ4n) is 15.3. The van der Waals surface area contributed by atoms with Crippen molar-refractivity contribution in [3.63, 3.8) is 0 Å². The number of rotatable bonds is 10. The van der Waals surface area contributed by atoms with Gasteiger partial charge in [0.05, 0.1) is 44.8 Å². The number of hydrogen-bond acceptors (Lipinski definition) is 4. The van der Waals surface area contributed by atoms with Gasteiger partial charge in [-0.1, -0.05) is 233 Å². The first-order chi connectivity index (χ1) is 46.1. The maximum atomic E-state index is 5.63. The number of pyridine rings is 4. The van der Waals surface area contributed by atoms with Gasteiger partial charge in [0.15, 0.2) is 0 Å². The Morgan fingerprint density at radius 1 is 0.234 bits per heavy atom. The largest absolute Gasteiger partial charge is 0.245 e. The molecule has 0 saturated heterocycles.